The molecule has 0 radical (unpaired) electrons. The van der Waals surface area contributed by atoms with Gasteiger partial charge in [0.25, 0.3) is 5.91 Å². The third-order valence-electron chi connectivity index (χ3n) is 4.64. The van der Waals surface area contributed by atoms with E-state index in [0.717, 1.165) is 29.4 Å². The molecular formula is C22H21N3O3. The van der Waals surface area contributed by atoms with Crippen LogP contribution >= 0.6 is 0 Å². The van der Waals surface area contributed by atoms with E-state index in [0.29, 0.717) is 29.4 Å². The van der Waals surface area contributed by atoms with Crippen molar-refractivity contribution < 1.29 is 14.6 Å². The number of para-hydroxylation sites is 1. The summed E-state index contributed by atoms with van der Waals surface area (Å²) in [6, 6.07) is 14.5. The minimum Gasteiger partial charge on any atom is -0.504 e. The average Bonchev–Trinajstić information content (AvgIpc) is 3.54. The van der Waals surface area contributed by atoms with Crippen LogP contribution in [0.4, 0.5) is 0 Å². The van der Waals surface area contributed by atoms with Crippen molar-refractivity contribution in [3.63, 3.8) is 0 Å². The number of pyridine rings is 1. The lowest BCUT2D eigenvalue weighted by Crippen LogP contribution is -2.18. The first-order valence-electron chi connectivity index (χ1n) is 9.34. The standard InChI is InChI=1S/C22H21N3O3/c1-2-28-21-10-7-14(11-20(21)26)13-23-25-22(27)17-12-19(15-8-9-15)24-18-6-4-3-5-16(17)18/h3-7,10-13,15,26H,2,8-9H2,1H3,(H,25,27)/b23-13+. The summed E-state index contributed by atoms with van der Waals surface area (Å²) in [6.45, 7) is 2.32. The van der Waals surface area contributed by atoms with E-state index in [9.17, 15) is 9.90 Å². The van der Waals surface area contributed by atoms with Gasteiger partial charge in [-0.15, -0.1) is 0 Å². The van der Waals surface area contributed by atoms with E-state index in [2.05, 4.69) is 15.5 Å². The third kappa shape index (κ3) is 3.81. The highest BCUT2D eigenvalue weighted by atomic mass is 16.5. The Kier molecular flexibility index (Phi) is 4.93. The summed E-state index contributed by atoms with van der Waals surface area (Å²) in [5.41, 5.74) is 5.58. The third-order valence-corrected chi connectivity index (χ3v) is 4.64. The number of aromatic nitrogens is 1. The molecule has 6 heteroatoms. The average molecular weight is 375 g/mol. The predicted octanol–water partition coefficient (Wildman–Crippen LogP) is 3.98. The van der Waals surface area contributed by atoms with Gasteiger partial charge in [0.15, 0.2) is 11.5 Å². The van der Waals surface area contributed by atoms with E-state index in [-0.39, 0.29) is 11.7 Å². The molecule has 1 aliphatic rings. The molecule has 1 aromatic heterocycles. The maximum absolute atomic E-state index is 12.7. The number of carbonyl (C=O) groups excluding carboxylic acids is 1. The Bertz CT molecular complexity index is 1060. The molecule has 28 heavy (non-hydrogen) atoms. The number of ether oxygens (including phenoxy) is 1. The number of fused-ring (bicyclic) bond motifs is 1. The molecule has 2 N–H and O–H groups in total. The van der Waals surface area contributed by atoms with E-state index in [1.54, 1.807) is 12.1 Å². The Morgan fingerprint density at radius 2 is 2.11 bits per heavy atom. The second-order valence-corrected chi connectivity index (χ2v) is 6.75. The quantitative estimate of drug-likeness (QED) is 0.504. The molecule has 0 atom stereocenters. The number of hydrogen-bond donors (Lipinski definition) is 2. The Hall–Kier alpha value is -3.41. The van der Waals surface area contributed by atoms with Gasteiger partial charge in [0.1, 0.15) is 0 Å². The Morgan fingerprint density at radius 3 is 2.86 bits per heavy atom. The lowest BCUT2D eigenvalue weighted by Gasteiger charge is -2.08. The molecule has 4 rings (SSSR count). The summed E-state index contributed by atoms with van der Waals surface area (Å²) in [5.74, 6) is 0.615. The van der Waals surface area contributed by atoms with Crippen molar-refractivity contribution in [1.29, 1.82) is 0 Å². The van der Waals surface area contributed by atoms with Gasteiger partial charge in [0, 0.05) is 17.0 Å². The molecule has 1 heterocycles. The van der Waals surface area contributed by atoms with Gasteiger partial charge in [0.2, 0.25) is 0 Å². The topological polar surface area (TPSA) is 83.8 Å². The monoisotopic (exact) mass is 375 g/mol. The highest BCUT2D eigenvalue weighted by Gasteiger charge is 2.26. The molecule has 1 aliphatic carbocycles. The van der Waals surface area contributed by atoms with E-state index < -0.39 is 0 Å². The lowest BCUT2D eigenvalue weighted by atomic mass is 10.1. The molecular weight excluding hydrogens is 354 g/mol. The number of amides is 1. The van der Waals surface area contributed by atoms with Crippen molar-refractivity contribution in [1.82, 2.24) is 10.4 Å². The summed E-state index contributed by atoms with van der Waals surface area (Å²) in [7, 11) is 0. The van der Waals surface area contributed by atoms with Gasteiger partial charge in [-0.3, -0.25) is 9.78 Å². The first kappa shape index (κ1) is 18.0. The molecule has 0 saturated heterocycles. The largest absolute Gasteiger partial charge is 0.504 e. The number of hydrogen-bond acceptors (Lipinski definition) is 5. The van der Waals surface area contributed by atoms with Crippen LogP contribution in [0.3, 0.4) is 0 Å². The zero-order valence-corrected chi connectivity index (χ0v) is 15.6. The minimum atomic E-state index is -0.285. The Morgan fingerprint density at radius 1 is 1.29 bits per heavy atom. The van der Waals surface area contributed by atoms with Gasteiger partial charge >= 0.3 is 0 Å². The van der Waals surface area contributed by atoms with Gasteiger partial charge in [-0.1, -0.05) is 18.2 Å². The Balaban J connectivity index is 1.54. The molecule has 2 aromatic carbocycles. The van der Waals surface area contributed by atoms with Crippen LogP contribution in [0.25, 0.3) is 10.9 Å². The van der Waals surface area contributed by atoms with Crippen LogP contribution in [-0.4, -0.2) is 28.8 Å². The number of benzene rings is 2. The molecule has 6 nitrogen and oxygen atoms in total. The number of nitrogens with one attached hydrogen (secondary N) is 1. The van der Waals surface area contributed by atoms with Crippen molar-refractivity contribution >= 4 is 23.0 Å². The molecule has 1 fully saturated rings. The molecule has 1 saturated carbocycles. The number of aromatic hydroxyl groups is 1. The van der Waals surface area contributed by atoms with E-state index >= 15 is 0 Å². The minimum absolute atomic E-state index is 0.0336. The van der Waals surface area contributed by atoms with Crippen LogP contribution in [0.15, 0.2) is 53.6 Å². The summed E-state index contributed by atoms with van der Waals surface area (Å²) in [6.07, 6.45) is 3.72. The predicted molar refractivity (Wildman–Crippen MR) is 108 cm³/mol. The molecule has 0 aliphatic heterocycles. The van der Waals surface area contributed by atoms with Gasteiger partial charge in [0.05, 0.1) is 23.9 Å². The van der Waals surface area contributed by atoms with Crippen molar-refractivity contribution in [3.05, 3.63) is 65.4 Å². The van der Waals surface area contributed by atoms with E-state index in [1.807, 2.05) is 37.3 Å². The van der Waals surface area contributed by atoms with Crippen molar-refractivity contribution in [2.75, 3.05) is 6.61 Å². The number of rotatable bonds is 6. The van der Waals surface area contributed by atoms with Crippen molar-refractivity contribution in [2.45, 2.75) is 25.7 Å². The van der Waals surface area contributed by atoms with Crippen LogP contribution in [0, 0.1) is 0 Å². The zero-order valence-electron chi connectivity index (χ0n) is 15.6. The molecule has 142 valence electrons. The highest BCUT2D eigenvalue weighted by Crippen LogP contribution is 2.40. The Labute approximate surface area is 162 Å². The fourth-order valence-electron chi connectivity index (χ4n) is 3.09. The molecule has 0 unspecified atom stereocenters. The second-order valence-electron chi connectivity index (χ2n) is 6.75. The number of carbonyl (C=O) groups is 1. The highest BCUT2D eigenvalue weighted by molar-refractivity contribution is 6.06. The van der Waals surface area contributed by atoms with Gasteiger partial charge in [-0.05, 0) is 55.7 Å². The fraction of sp³-hybridized carbons (Fsp3) is 0.227. The van der Waals surface area contributed by atoms with Crippen molar-refractivity contribution in [3.8, 4) is 11.5 Å². The maximum Gasteiger partial charge on any atom is 0.272 e. The van der Waals surface area contributed by atoms with Crippen LogP contribution in [0.2, 0.25) is 0 Å². The first-order valence-corrected chi connectivity index (χ1v) is 9.34. The summed E-state index contributed by atoms with van der Waals surface area (Å²) < 4.78 is 5.30. The smallest absolute Gasteiger partial charge is 0.272 e. The van der Waals surface area contributed by atoms with Gasteiger partial charge < -0.3 is 9.84 Å². The van der Waals surface area contributed by atoms with Gasteiger partial charge in [-0.25, -0.2) is 5.43 Å². The molecule has 3 aromatic rings. The maximum atomic E-state index is 12.7. The number of nitrogens with zero attached hydrogens (tertiary/aromatic N) is 2. The number of phenols is 1. The SMILES string of the molecule is CCOc1ccc(/C=N/NC(=O)c2cc(C3CC3)nc3ccccc23)cc1O. The van der Waals surface area contributed by atoms with Gasteiger partial charge in [-0.2, -0.15) is 5.10 Å². The van der Waals surface area contributed by atoms with E-state index in [1.165, 1.54) is 12.3 Å². The van der Waals surface area contributed by atoms with Crippen LogP contribution < -0.4 is 10.2 Å². The summed E-state index contributed by atoms with van der Waals surface area (Å²) >= 11 is 0. The molecule has 1 amide bonds. The zero-order chi connectivity index (χ0) is 19.5. The molecule has 0 bridgehead atoms. The normalized spacial score (nSPS) is 13.8. The number of hydrazone groups is 1. The van der Waals surface area contributed by atoms with Crippen LogP contribution in [0.5, 0.6) is 11.5 Å². The first-order chi connectivity index (χ1) is 13.7. The summed E-state index contributed by atoms with van der Waals surface area (Å²) in [5, 5.41) is 14.8. The second kappa shape index (κ2) is 7.68. The number of phenolic OH excluding ortho intramolecular Hbond substituents is 1. The summed E-state index contributed by atoms with van der Waals surface area (Å²) in [4.78, 5) is 17.4. The van der Waals surface area contributed by atoms with Crippen LogP contribution in [-0.2, 0) is 0 Å². The fourth-order valence-corrected chi connectivity index (χ4v) is 3.09. The van der Waals surface area contributed by atoms with Crippen LogP contribution in [0.1, 0.15) is 47.3 Å². The van der Waals surface area contributed by atoms with E-state index in [4.69, 9.17) is 4.74 Å². The molecule has 0 spiro atoms. The lowest BCUT2D eigenvalue weighted by molar-refractivity contribution is 0.0956. The van der Waals surface area contributed by atoms with Crippen molar-refractivity contribution in [2.24, 2.45) is 5.10 Å².